The minimum Gasteiger partial charge on any atom is -0.462 e. The number of benzene rings is 1. The summed E-state index contributed by atoms with van der Waals surface area (Å²) >= 11 is 6.19. The van der Waals surface area contributed by atoms with Gasteiger partial charge in [-0.15, -0.1) is 0 Å². The predicted molar refractivity (Wildman–Crippen MR) is 86.0 cm³/mol. The van der Waals surface area contributed by atoms with Crippen LogP contribution in [0.25, 0.3) is 0 Å². The molecule has 0 saturated carbocycles. The average molecular weight is 315 g/mol. The van der Waals surface area contributed by atoms with Crippen LogP contribution in [-0.4, -0.2) is 31.3 Å². The number of nitrogens with two attached hydrogens (primary N) is 1. The lowest BCUT2D eigenvalue weighted by molar-refractivity contribution is 0.000649. The van der Waals surface area contributed by atoms with Crippen molar-refractivity contribution in [2.75, 3.05) is 30.8 Å². The van der Waals surface area contributed by atoms with Gasteiger partial charge in [-0.25, -0.2) is 4.79 Å². The van der Waals surface area contributed by atoms with Crippen molar-refractivity contribution >= 4 is 28.9 Å². The normalized spacial score (nSPS) is 11.3. The Kier molecular flexibility index (Phi) is 6.30. The number of rotatable bonds is 7. The van der Waals surface area contributed by atoms with Crippen LogP contribution < -0.4 is 11.1 Å². The fraction of sp³-hybridized carbons (Fsp3) is 0.533. The van der Waals surface area contributed by atoms with Gasteiger partial charge in [-0.1, -0.05) is 11.6 Å². The lowest BCUT2D eigenvalue weighted by Crippen LogP contribution is -2.33. The van der Waals surface area contributed by atoms with E-state index >= 15 is 0 Å². The molecule has 0 fully saturated rings. The molecular weight excluding hydrogens is 292 g/mol. The number of hydrogen-bond acceptors (Lipinski definition) is 5. The molecule has 5 nitrogen and oxygen atoms in total. The molecule has 0 aliphatic rings. The van der Waals surface area contributed by atoms with Gasteiger partial charge in [0.15, 0.2) is 0 Å². The standard InChI is InChI=1S/C15H23ClN2O3/c1-5-20-14(19)11-7-10(17)8-12(16)13(11)18-9-15(3,4)21-6-2/h7-8,18H,5-6,9,17H2,1-4H3. The van der Waals surface area contributed by atoms with E-state index in [0.29, 0.717) is 35.1 Å². The molecular formula is C15H23ClN2O3. The number of carbonyl (C=O) groups excluding carboxylic acids is 1. The maximum Gasteiger partial charge on any atom is 0.340 e. The summed E-state index contributed by atoms with van der Waals surface area (Å²) in [6.07, 6.45) is 0. The van der Waals surface area contributed by atoms with Gasteiger partial charge in [-0.3, -0.25) is 0 Å². The van der Waals surface area contributed by atoms with Gasteiger partial charge >= 0.3 is 5.97 Å². The van der Waals surface area contributed by atoms with E-state index in [1.165, 1.54) is 0 Å². The highest BCUT2D eigenvalue weighted by molar-refractivity contribution is 6.34. The lowest BCUT2D eigenvalue weighted by Gasteiger charge is -2.26. The van der Waals surface area contributed by atoms with Crippen LogP contribution in [-0.2, 0) is 9.47 Å². The summed E-state index contributed by atoms with van der Waals surface area (Å²) in [4.78, 5) is 12.0. The van der Waals surface area contributed by atoms with Crippen LogP contribution in [0.1, 0.15) is 38.1 Å². The molecule has 0 amide bonds. The number of nitrogens with one attached hydrogen (secondary N) is 1. The van der Waals surface area contributed by atoms with E-state index in [9.17, 15) is 4.79 Å². The quantitative estimate of drug-likeness (QED) is 0.596. The summed E-state index contributed by atoms with van der Waals surface area (Å²) in [6, 6.07) is 3.15. The predicted octanol–water partition coefficient (Wildman–Crippen LogP) is 3.33. The molecule has 1 aromatic carbocycles. The van der Waals surface area contributed by atoms with Crippen LogP contribution in [0.15, 0.2) is 12.1 Å². The van der Waals surface area contributed by atoms with Crippen molar-refractivity contribution in [2.24, 2.45) is 0 Å². The van der Waals surface area contributed by atoms with Crippen LogP contribution in [0.3, 0.4) is 0 Å². The molecule has 1 rings (SSSR count). The third-order valence-corrected chi connectivity index (χ3v) is 3.13. The third kappa shape index (κ3) is 5.10. The van der Waals surface area contributed by atoms with Crippen LogP contribution in [0.5, 0.6) is 0 Å². The molecule has 21 heavy (non-hydrogen) atoms. The molecule has 0 atom stereocenters. The molecule has 0 aromatic heterocycles. The second-order valence-electron chi connectivity index (χ2n) is 5.19. The summed E-state index contributed by atoms with van der Waals surface area (Å²) < 4.78 is 10.6. The minimum absolute atomic E-state index is 0.287. The second kappa shape index (κ2) is 7.52. The molecule has 0 aliphatic carbocycles. The Hall–Kier alpha value is -1.46. The third-order valence-electron chi connectivity index (χ3n) is 2.83. The number of anilines is 2. The Balaban J connectivity index is 3.02. The van der Waals surface area contributed by atoms with E-state index in [-0.39, 0.29) is 12.2 Å². The Bertz CT molecular complexity index is 504. The zero-order valence-electron chi connectivity index (χ0n) is 13.0. The largest absolute Gasteiger partial charge is 0.462 e. The van der Waals surface area contributed by atoms with E-state index in [4.69, 9.17) is 26.8 Å². The molecule has 0 aliphatic heterocycles. The van der Waals surface area contributed by atoms with Gasteiger partial charge in [0.25, 0.3) is 0 Å². The van der Waals surface area contributed by atoms with Gasteiger partial charge in [-0.05, 0) is 39.8 Å². The summed E-state index contributed by atoms with van der Waals surface area (Å²) in [6.45, 7) is 8.98. The number of hydrogen-bond donors (Lipinski definition) is 2. The van der Waals surface area contributed by atoms with E-state index in [1.54, 1.807) is 19.1 Å². The number of ether oxygens (including phenoxy) is 2. The minimum atomic E-state index is -0.455. The van der Waals surface area contributed by atoms with Crippen LogP contribution in [0, 0.1) is 0 Å². The Morgan fingerprint density at radius 3 is 2.57 bits per heavy atom. The number of halogens is 1. The van der Waals surface area contributed by atoms with Crippen molar-refractivity contribution in [3.05, 3.63) is 22.7 Å². The smallest absolute Gasteiger partial charge is 0.340 e. The summed E-state index contributed by atoms with van der Waals surface area (Å²) in [7, 11) is 0. The Morgan fingerprint density at radius 2 is 2.00 bits per heavy atom. The summed E-state index contributed by atoms with van der Waals surface area (Å²) in [5.74, 6) is -0.455. The van der Waals surface area contributed by atoms with Crippen molar-refractivity contribution in [1.82, 2.24) is 0 Å². The maximum absolute atomic E-state index is 12.0. The van der Waals surface area contributed by atoms with E-state index < -0.39 is 5.97 Å². The fourth-order valence-electron chi connectivity index (χ4n) is 1.92. The zero-order chi connectivity index (χ0) is 16.0. The SMILES string of the molecule is CCOC(=O)c1cc(N)cc(Cl)c1NCC(C)(C)OCC. The maximum atomic E-state index is 12.0. The molecule has 6 heteroatoms. The van der Waals surface area contributed by atoms with Crippen LogP contribution in [0.4, 0.5) is 11.4 Å². The number of esters is 1. The monoisotopic (exact) mass is 314 g/mol. The molecule has 0 heterocycles. The zero-order valence-corrected chi connectivity index (χ0v) is 13.7. The number of nitrogen functional groups attached to an aromatic ring is 1. The molecule has 0 spiro atoms. The number of carbonyl (C=O) groups is 1. The first-order valence-electron chi connectivity index (χ1n) is 6.94. The van der Waals surface area contributed by atoms with Crippen LogP contribution in [0.2, 0.25) is 5.02 Å². The Labute approximate surface area is 130 Å². The molecule has 0 radical (unpaired) electrons. The highest BCUT2D eigenvalue weighted by Gasteiger charge is 2.21. The van der Waals surface area contributed by atoms with E-state index in [1.807, 2.05) is 20.8 Å². The van der Waals surface area contributed by atoms with Crippen molar-refractivity contribution in [3.63, 3.8) is 0 Å². The molecule has 1 aromatic rings. The summed E-state index contributed by atoms with van der Waals surface area (Å²) in [5, 5.41) is 3.54. The van der Waals surface area contributed by atoms with Crippen molar-refractivity contribution in [1.29, 1.82) is 0 Å². The van der Waals surface area contributed by atoms with Crippen molar-refractivity contribution < 1.29 is 14.3 Å². The van der Waals surface area contributed by atoms with E-state index in [0.717, 1.165) is 0 Å². The first-order chi connectivity index (χ1) is 9.80. The highest BCUT2D eigenvalue weighted by Crippen LogP contribution is 2.30. The molecule has 3 N–H and O–H groups in total. The van der Waals surface area contributed by atoms with Gasteiger partial charge in [0.1, 0.15) is 0 Å². The topological polar surface area (TPSA) is 73.6 Å². The van der Waals surface area contributed by atoms with Crippen LogP contribution >= 0.6 is 11.6 Å². The first-order valence-corrected chi connectivity index (χ1v) is 7.32. The molecule has 0 unspecified atom stereocenters. The van der Waals surface area contributed by atoms with Gasteiger partial charge in [-0.2, -0.15) is 0 Å². The van der Waals surface area contributed by atoms with Gasteiger partial charge in [0.2, 0.25) is 0 Å². The lowest BCUT2D eigenvalue weighted by atomic mass is 10.1. The summed E-state index contributed by atoms with van der Waals surface area (Å²) in [5.41, 5.74) is 6.62. The molecule has 0 saturated heterocycles. The first kappa shape index (κ1) is 17.6. The van der Waals surface area contributed by atoms with Gasteiger partial charge in [0, 0.05) is 18.8 Å². The van der Waals surface area contributed by atoms with Crippen molar-refractivity contribution in [3.8, 4) is 0 Å². The average Bonchev–Trinajstić information content (AvgIpc) is 2.37. The van der Waals surface area contributed by atoms with Gasteiger partial charge < -0.3 is 20.5 Å². The fourth-order valence-corrected chi connectivity index (χ4v) is 2.21. The highest BCUT2D eigenvalue weighted by atomic mass is 35.5. The Morgan fingerprint density at radius 1 is 1.33 bits per heavy atom. The van der Waals surface area contributed by atoms with Gasteiger partial charge in [0.05, 0.1) is 28.5 Å². The molecule has 118 valence electrons. The van der Waals surface area contributed by atoms with Crippen molar-refractivity contribution in [2.45, 2.75) is 33.3 Å². The molecule has 0 bridgehead atoms. The second-order valence-corrected chi connectivity index (χ2v) is 5.60. The van der Waals surface area contributed by atoms with E-state index in [2.05, 4.69) is 5.32 Å².